The first-order chi connectivity index (χ1) is 7.42. The van der Waals surface area contributed by atoms with Gasteiger partial charge in [-0.3, -0.25) is 0 Å². The van der Waals surface area contributed by atoms with Gasteiger partial charge in [-0.15, -0.1) is 0 Å². The molecule has 0 bridgehead atoms. The minimum atomic E-state index is -4.37. The van der Waals surface area contributed by atoms with Gasteiger partial charge < -0.3 is 16.4 Å². The first kappa shape index (κ1) is 13.1. The number of hydrogen-bond acceptors (Lipinski definition) is 2. The Bertz CT molecular complexity index is 245. The van der Waals surface area contributed by atoms with Gasteiger partial charge in [0.15, 0.2) is 0 Å². The van der Waals surface area contributed by atoms with Crippen molar-refractivity contribution in [3.63, 3.8) is 0 Å². The van der Waals surface area contributed by atoms with Gasteiger partial charge in [0.2, 0.25) is 0 Å². The fraction of sp³-hybridized carbons (Fsp3) is 0.889. The van der Waals surface area contributed by atoms with Gasteiger partial charge in [0, 0.05) is 6.04 Å². The lowest BCUT2D eigenvalue weighted by atomic mass is 10.0. The largest absolute Gasteiger partial charge is 0.405 e. The van der Waals surface area contributed by atoms with E-state index in [0.29, 0.717) is 6.54 Å². The van der Waals surface area contributed by atoms with Gasteiger partial charge in [-0.25, -0.2) is 4.79 Å². The Hall–Kier alpha value is -0.980. The van der Waals surface area contributed by atoms with E-state index in [0.717, 1.165) is 19.3 Å². The smallest absolute Gasteiger partial charge is 0.335 e. The van der Waals surface area contributed by atoms with Gasteiger partial charge in [0.1, 0.15) is 6.54 Å². The van der Waals surface area contributed by atoms with Crippen LogP contribution in [0.5, 0.6) is 0 Å². The van der Waals surface area contributed by atoms with Crippen LogP contribution in [0.3, 0.4) is 0 Å². The van der Waals surface area contributed by atoms with E-state index in [1.165, 1.54) is 0 Å². The normalized spacial score (nSPS) is 25.5. The van der Waals surface area contributed by atoms with Gasteiger partial charge >= 0.3 is 12.2 Å². The highest BCUT2D eigenvalue weighted by molar-refractivity contribution is 5.74. The van der Waals surface area contributed by atoms with E-state index in [9.17, 15) is 18.0 Å². The van der Waals surface area contributed by atoms with Crippen LogP contribution in [0.1, 0.15) is 19.3 Å². The molecule has 0 aromatic carbocycles. The molecule has 1 aliphatic rings. The zero-order valence-electron chi connectivity index (χ0n) is 8.81. The van der Waals surface area contributed by atoms with Crippen molar-refractivity contribution in [3.05, 3.63) is 0 Å². The van der Waals surface area contributed by atoms with Gasteiger partial charge in [-0.1, -0.05) is 6.42 Å². The summed E-state index contributed by atoms with van der Waals surface area (Å²) in [5.74, 6) is 0.177. The van der Waals surface area contributed by atoms with Crippen LogP contribution in [0.25, 0.3) is 0 Å². The van der Waals surface area contributed by atoms with Crippen LogP contribution in [-0.2, 0) is 0 Å². The average molecular weight is 239 g/mol. The highest BCUT2D eigenvalue weighted by atomic mass is 19.4. The molecule has 0 aliphatic heterocycles. The number of carbonyl (C=O) groups is 1. The monoisotopic (exact) mass is 239 g/mol. The highest BCUT2D eigenvalue weighted by Crippen LogP contribution is 2.24. The lowest BCUT2D eigenvalue weighted by Gasteiger charge is -2.20. The summed E-state index contributed by atoms with van der Waals surface area (Å²) >= 11 is 0. The summed E-state index contributed by atoms with van der Waals surface area (Å²) in [4.78, 5) is 11.1. The van der Waals surface area contributed by atoms with E-state index < -0.39 is 18.8 Å². The molecule has 0 heterocycles. The number of rotatable bonds is 3. The topological polar surface area (TPSA) is 67.1 Å². The van der Waals surface area contributed by atoms with E-state index in [-0.39, 0.29) is 12.0 Å². The van der Waals surface area contributed by atoms with Gasteiger partial charge in [-0.05, 0) is 25.3 Å². The van der Waals surface area contributed by atoms with Crippen LogP contribution >= 0.6 is 0 Å². The third-order valence-corrected chi connectivity index (χ3v) is 2.73. The molecule has 0 radical (unpaired) electrons. The Morgan fingerprint density at radius 2 is 2.06 bits per heavy atom. The molecule has 7 heteroatoms. The molecule has 94 valence electrons. The molecule has 2 amide bonds. The fourth-order valence-corrected chi connectivity index (χ4v) is 1.91. The predicted octanol–water partition coefficient (Wildman–Crippen LogP) is 0.975. The molecule has 0 aromatic rings. The number of amides is 2. The standard InChI is InChI=1S/C9H16F3N3O/c10-9(11,12)5-14-8(16)15-7-3-1-2-6(7)4-13/h6-7H,1-5,13H2,(H2,14,15,16). The Morgan fingerprint density at radius 1 is 1.38 bits per heavy atom. The van der Waals surface area contributed by atoms with Gasteiger partial charge in [0.05, 0.1) is 0 Å². The van der Waals surface area contributed by atoms with E-state index in [1.807, 2.05) is 0 Å². The maximum atomic E-state index is 11.8. The average Bonchev–Trinajstić information content (AvgIpc) is 2.61. The Kier molecular flexibility index (Phi) is 4.40. The van der Waals surface area contributed by atoms with Crippen molar-refractivity contribution in [1.82, 2.24) is 10.6 Å². The maximum Gasteiger partial charge on any atom is 0.405 e. The molecule has 4 nitrogen and oxygen atoms in total. The highest BCUT2D eigenvalue weighted by Gasteiger charge is 2.30. The second-order valence-electron chi connectivity index (χ2n) is 3.98. The Labute approximate surface area is 91.8 Å². The fourth-order valence-electron chi connectivity index (χ4n) is 1.91. The first-order valence-corrected chi connectivity index (χ1v) is 5.23. The van der Waals surface area contributed by atoms with Crippen LogP contribution in [0.15, 0.2) is 0 Å². The van der Waals surface area contributed by atoms with E-state index in [4.69, 9.17) is 5.73 Å². The maximum absolute atomic E-state index is 11.8. The van der Waals surface area contributed by atoms with Crippen LogP contribution in [0, 0.1) is 5.92 Å². The number of alkyl halides is 3. The zero-order chi connectivity index (χ0) is 12.2. The molecule has 0 saturated heterocycles. The summed E-state index contributed by atoms with van der Waals surface area (Å²) in [7, 11) is 0. The second-order valence-corrected chi connectivity index (χ2v) is 3.98. The Morgan fingerprint density at radius 3 is 2.62 bits per heavy atom. The number of nitrogens with one attached hydrogen (secondary N) is 2. The molecule has 1 rings (SSSR count). The van der Waals surface area contributed by atoms with Crippen molar-refractivity contribution in [2.75, 3.05) is 13.1 Å². The number of urea groups is 1. The van der Waals surface area contributed by atoms with Crippen LogP contribution in [-0.4, -0.2) is 31.3 Å². The Balaban J connectivity index is 2.28. The molecule has 4 N–H and O–H groups in total. The minimum absolute atomic E-state index is 0.0989. The number of hydrogen-bond donors (Lipinski definition) is 3. The van der Waals surface area contributed by atoms with Crippen molar-refractivity contribution in [2.24, 2.45) is 11.7 Å². The molecule has 0 spiro atoms. The molecule has 2 atom stereocenters. The minimum Gasteiger partial charge on any atom is -0.335 e. The predicted molar refractivity (Wildman–Crippen MR) is 52.8 cm³/mol. The molecule has 16 heavy (non-hydrogen) atoms. The molecule has 1 aliphatic carbocycles. The van der Waals surface area contributed by atoms with E-state index in [2.05, 4.69) is 5.32 Å². The summed E-state index contributed by atoms with van der Waals surface area (Å²) in [5, 5.41) is 4.30. The molecule has 1 saturated carbocycles. The van der Waals surface area contributed by atoms with Crippen molar-refractivity contribution < 1.29 is 18.0 Å². The third-order valence-electron chi connectivity index (χ3n) is 2.73. The van der Waals surface area contributed by atoms with Crippen molar-refractivity contribution in [2.45, 2.75) is 31.5 Å². The zero-order valence-corrected chi connectivity index (χ0v) is 8.81. The lowest BCUT2D eigenvalue weighted by Crippen LogP contribution is -2.47. The van der Waals surface area contributed by atoms with Crippen molar-refractivity contribution in [1.29, 1.82) is 0 Å². The van der Waals surface area contributed by atoms with Crippen molar-refractivity contribution >= 4 is 6.03 Å². The molecule has 2 unspecified atom stereocenters. The summed E-state index contributed by atoms with van der Waals surface area (Å²) in [5.41, 5.74) is 5.49. The van der Waals surface area contributed by atoms with Crippen LogP contribution < -0.4 is 16.4 Å². The molecule has 1 fully saturated rings. The van der Waals surface area contributed by atoms with Gasteiger partial charge in [-0.2, -0.15) is 13.2 Å². The number of halogens is 3. The number of nitrogens with two attached hydrogens (primary N) is 1. The van der Waals surface area contributed by atoms with Crippen LogP contribution in [0.4, 0.5) is 18.0 Å². The second kappa shape index (κ2) is 5.38. The number of carbonyl (C=O) groups excluding carboxylic acids is 1. The van der Waals surface area contributed by atoms with E-state index >= 15 is 0 Å². The molecular formula is C9H16F3N3O. The van der Waals surface area contributed by atoms with Crippen LogP contribution in [0.2, 0.25) is 0 Å². The SMILES string of the molecule is NCC1CCCC1NC(=O)NCC(F)(F)F. The third kappa shape index (κ3) is 4.26. The first-order valence-electron chi connectivity index (χ1n) is 5.23. The lowest BCUT2D eigenvalue weighted by molar-refractivity contribution is -0.122. The molecular weight excluding hydrogens is 223 g/mol. The van der Waals surface area contributed by atoms with E-state index in [1.54, 1.807) is 5.32 Å². The summed E-state index contributed by atoms with van der Waals surface area (Å²) in [6, 6.07) is -0.874. The summed E-state index contributed by atoms with van der Waals surface area (Å²) in [6.45, 7) is -0.858. The van der Waals surface area contributed by atoms with Gasteiger partial charge in [0.25, 0.3) is 0 Å². The summed E-state index contributed by atoms with van der Waals surface area (Å²) in [6.07, 6.45) is -1.73. The van der Waals surface area contributed by atoms with Crippen molar-refractivity contribution in [3.8, 4) is 0 Å². The molecule has 0 aromatic heterocycles. The quantitative estimate of drug-likeness (QED) is 0.687. The summed E-state index contributed by atoms with van der Waals surface area (Å²) < 4.78 is 35.4.